The van der Waals surface area contributed by atoms with Crippen LogP contribution >= 0.6 is 0 Å². The molecule has 0 radical (unpaired) electrons. The zero-order valence-corrected chi connectivity index (χ0v) is 22.1. The summed E-state index contributed by atoms with van der Waals surface area (Å²) >= 11 is 0. The predicted molar refractivity (Wildman–Crippen MR) is 147 cm³/mol. The average molecular weight is 515 g/mol. The van der Waals surface area contributed by atoms with Crippen molar-refractivity contribution in [2.24, 2.45) is 0 Å². The van der Waals surface area contributed by atoms with Crippen LogP contribution < -0.4 is 4.74 Å². The molecule has 0 saturated heterocycles. The van der Waals surface area contributed by atoms with Crippen LogP contribution in [0.25, 0.3) is 0 Å². The van der Waals surface area contributed by atoms with Gasteiger partial charge in [-0.25, -0.2) is 4.39 Å². The summed E-state index contributed by atoms with van der Waals surface area (Å²) < 4.78 is 19.0. The number of methoxy groups -OCH3 is 1. The number of rotatable bonds is 9. The number of hydrogen-bond acceptors (Lipinski definition) is 3. The molecule has 0 bridgehead atoms. The second-order valence-corrected chi connectivity index (χ2v) is 9.59. The van der Waals surface area contributed by atoms with Crippen molar-refractivity contribution in [1.29, 1.82) is 0 Å². The molecule has 2 atom stereocenters. The lowest BCUT2D eigenvalue weighted by atomic mass is 9.96. The van der Waals surface area contributed by atoms with Gasteiger partial charge in [-0.05, 0) is 47.4 Å². The Kier molecular flexibility index (Phi) is 9.30. The van der Waals surface area contributed by atoms with Gasteiger partial charge in [0.2, 0.25) is 11.8 Å². The smallest absolute Gasteiger partial charge is 0.246 e. The molecule has 5 nitrogen and oxygen atoms in total. The molecule has 198 valence electrons. The van der Waals surface area contributed by atoms with Gasteiger partial charge in [-0.15, -0.1) is 0 Å². The highest BCUT2D eigenvalue weighted by Crippen LogP contribution is 2.30. The van der Waals surface area contributed by atoms with Crippen LogP contribution in [0.1, 0.15) is 48.9 Å². The highest BCUT2D eigenvalue weighted by atomic mass is 19.1. The third-order valence-corrected chi connectivity index (χ3v) is 6.96. The van der Waals surface area contributed by atoms with Gasteiger partial charge < -0.3 is 14.5 Å². The first-order valence-corrected chi connectivity index (χ1v) is 13.2. The first kappa shape index (κ1) is 27.1. The van der Waals surface area contributed by atoms with E-state index in [1.54, 1.807) is 29.0 Å². The Morgan fingerprint density at radius 2 is 1.68 bits per heavy atom. The van der Waals surface area contributed by atoms with Crippen molar-refractivity contribution < 1.29 is 18.7 Å². The number of halogens is 1. The lowest BCUT2D eigenvalue weighted by Gasteiger charge is -2.39. The quantitative estimate of drug-likeness (QED) is 0.324. The van der Waals surface area contributed by atoms with Gasteiger partial charge in [0.05, 0.1) is 13.2 Å². The maximum Gasteiger partial charge on any atom is 0.246 e. The highest BCUT2D eigenvalue weighted by molar-refractivity contribution is 5.89. The monoisotopic (exact) mass is 514 g/mol. The fourth-order valence-electron chi connectivity index (χ4n) is 4.83. The SMILES string of the molecule is CCCCC(=O)N1C/C=C\[C@H](c2ccc(OC)cc2)N(Cc2ccc(F)cc2)C(=O)[C@@H]1Cc1ccccc1. The normalized spacial score (nSPS) is 18.6. The third-order valence-electron chi connectivity index (χ3n) is 6.96. The Bertz CT molecular complexity index is 1230. The minimum Gasteiger partial charge on any atom is -0.497 e. The van der Waals surface area contributed by atoms with E-state index in [9.17, 15) is 14.0 Å². The summed E-state index contributed by atoms with van der Waals surface area (Å²) in [6.45, 7) is 2.70. The second kappa shape index (κ2) is 13.0. The number of ether oxygens (including phenoxy) is 1. The largest absolute Gasteiger partial charge is 0.497 e. The van der Waals surface area contributed by atoms with Gasteiger partial charge in [-0.3, -0.25) is 9.59 Å². The number of carbonyl (C=O) groups is 2. The topological polar surface area (TPSA) is 49.9 Å². The van der Waals surface area contributed by atoms with Gasteiger partial charge in [0.1, 0.15) is 17.6 Å². The highest BCUT2D eigenvalue weighted by Gasteiger charge is 2.36. The van der Waals surface area contributed by atoms with Crippen molar-refractivity contribution in [3.05, 3.63) is 114 Å². The second-order valence-electron chi connectivity index (χ2n) is 9.59. The molecular weight excluding hydrogens is 479 g/mol. The fourth-order valence-corrected chi connectivity index (χ4v) is 4.83. The number of benzene rings is 3. The van der Waals surface area contributed by atoms with Crippen molar-refractivity contribution in [2.75, 3.05) is 13.7 Å². The Hall–Kier alpha value is -3.93. The third kappa shape index (κ3) is 6.68. The van der Waals surface area contributed by atoms with Gasteiger partial charge in [-0.2, -0.15) is 0 Å². The molecule has 0 N–H and O–H groups in total. The first-order valence-electron chi connectivity index (χ1n) is 13.2. The molecule has 3 aromatic carbocycles. The molecule has 0 saturated carbocycles. The van der Waals surface area contributed by atoms with Crippen molar-refractivity contribution >= 4 is 11.8 Å². The molecule has 0 unspecified atom stereocenters. The standard InChI is InChI=1S/C32H35FN2O3/c1-3-4-12-31(36)34-21-8-11-29(26-15-19-28(38-2)20-16-26)35(23-25-13-17-27(33)18-14-25)32(37)30(34)22-24-9-6-5-7-10-24/h5-11,13-20,29-30H,3-4,12,21-23H2,1-2H3/b11-8-/t29-,30+/m1/s1. The van der Waals surface area contributed by atoms with E-state index in [0.29, 0.717) is 19.4 Å². The van der Waals surface area contributed by atoms with Crippen molar-refractivity contribution in [2.45, 2.75) is 51.2 Å². The van der Waals surface area contributed by atoms with Crippen molar-refractivity contribution in [3.63, 3.8) is 0 Å². The van der Waals surface area contributed by atoms with E-state index in [4.69, 9.17) is 4.74 Å². The minimum atomic E-state index is -0.659. The molecule has 4 rings (SSSR count). The first-order chi connectivity index (χ1) is 18.5. The van der Waals surface area contributed by atoms with E-state index in [0.717, 1.165) is 35.3 Å². The van der Waals surface area contributed by atoms with Gasteiger partial charge in [0, 0.05) is 25.9 Å². The van der Waals surface area contributed by atoms with Crippen LogP contribution in [0, 0.1) is 5.82 Å². The lowest BCUT2D eigenvalue weighted by molar-refractivity contribution is -0.147. The van der Waals surface area contributed by atoms with Crippen LogP contribution in [0.3, 0.4) is 0 Å². The van der Waals surface area contributed by atoms with E-state index < -0.39 is 6.04 Å². The molecule has 3 aromatic rings. The number of amides is 2. The van der Waals surface area contributed by atoms with Crippen LogP contribution in [0.15, 0.2) is 91.0 Å². The molecule has 1 heterocycles. The predicted octanol–water partition coefficient (Wildman–Crippen LogP) is 6.10. The maximum atomic E-state index is 14.5. The van der Waals surface area contributed by atoms with Gasteiger partial charge in [0.25, 0.3) is 0 Å². The molecule has 0 aliphatic carbocycles. The number of unbranched alkanes of at least 4 members (excludes halogenated alkanes) is 1. The molecule has 0 spiro atoms. The molecule has 6 heteroatoms. The summed E-state index contributed by atoms with van der Waals surface area (Å²) in [4.78, 5) is 31.4. The molecule has 2 amide bonds. The van der Waals surface area contributed by atoms with Gasteiger partial charge in [-0.1, -0.05) is 80.1 Å². The zero-order valence-electron chi connectivity index (χ0n) is 22.1. The Morgan fingerprint density at radius 3 is 2.34 bits per heavy atom. The molecule has 0 fully saturated rings. The summed E-state index contributed by atoms with van der Waals surface area (Å²) in [6.07, 6.45) is 6.48. The van der Waals surface area contributed by atoms with Crippen molar-refractivity contribution in [3.8, 4) is 5.75 Å². The Morgan fingerprint density at radius 1 is 0.974 bits per heavy atom. The van der Waals surface area contributed by atoms with E-state index in [1.165, 1.54) is 12.1 Å². The van der Waals surface area contributed by atoms with Crippen molar-refractivity contribution in [1.82, 2.24) is 9.80 Å². The van der Waals surface area contributed by atoms with Crippen LogP contribution in [0.4, 0.5) is 4.39 Å². The molecule has 38 heavy (non-hydrogen) atoms. The zero-order chi connectivity index (χ0) is 26.9. The lowest BCUT2D eigenvalue weighted by Crippen LogP contribution is -2.53. The molecule has 0 aromatic heterocycles. The number of carbonyl (C=O) groups excluding carboxylic acids is 2. The summed E-state index contributed by atoms with van der Waals surface area (Å²) in [6, 6.07) is 22.7. The fraction of sp³-hybridized carbons (Fsp3) is 0.312. The van der Waals surface area contributed by atoms with E-state index in [1.807, 2.05) is 66.7 Å². The summed E-state index contributed by atoms with van der Waals surface area (Å²) in [7, 11) is 1.62. The van der Waals surface area contributed by atoms with Crippen LogP contribution in [0.2, 0.25) is 0 Å². The van der Waals surface area contributed by atoms with Crippen LogP contribution in [-0.2, 0) is 22.6 Å². The number of nitrogens with zero attached hydrogens (tertiary/aromatic N) is 2. The molecule has 1 aliphatic rings. The Labute approximate surface area is 224 Å². The average Bonchev–Trinajstić information content (AvgIpc) is 2.95. The van der Waals surface area contributed by atoms with E-state index in [2.05, 4.69) is 6.92 Å². The molecule has 1 aliphatic heterocycles. The minimum absolute atomic E-state index is 0.0181. The van der Waals surface area contributed by atoms with E-state index in [-0.39, 0.29) is 30.2 Å². The van der Waals surface area contributed by atoms with Crippen LogP contribution in [0.5, 0.6) is 5.75 Å². The number of hydrogen-bond donors (Lipinski definition) is 0. The molecular formula is C32H35FN2O3. The van der Waals surface area contributed by atoms with Gasteiger partial charge in [0.15, 0.2) is 0 Å². The summed E-state index contributed by atoms with van der Waals surface area (Å²) in [5.74, 6) is 0.257. The summed E-state index contributed by atoms with van der Waals surface area (Å²) in [5, 5.41) is 0. The summed E-state index contributed by atoms with van der Waals surface area (Å²) in [5.41, 5.74) is 2.74. The van der Waals surface area contributed by atoms with Crippen LogP contribution in [-0.4, -0.2) is 41.3 Å². The maximum absolute atomic E-state index is 14.5. The van der Waals surface area contributed by atoms with Gasteiger partial charge >= 0.3 is 0 Å². The van der Waals surface area contributed by atoms with E-state index >= 15 is 0 Å². The Balaban J connectivity index is 1.77.